The fourth-order valence-corrected chi connectivity index (χ4v) is 3.91. The number of guanidine groups is 1. The van der Waals surface area contributed by atoms with Crippen LogP contribution in [0.5, 0.6) is 5.75 Å². The second-order valence-electron chi connectivity index (χ2n) is 6.32. The van der Waals surface area contributed by atoms with Crippen molar-refractivity contribution in [1.82, 2.24) is 5.32 Å². The van der Waals surface area contributed by atoms with Crippen LogP contribution in [0.1, 0.15) is 35.9 Å². The molecule has 132 valence electrons. The summed E-state index contributed by atoms with van der Waals surface area (Å²) in [5.74, 6) is 1.94. The first-order valence-electron chi connectivity index (χ1n) is 8.28. The first kappa shape index (κ1) is 18.5. The molecule has 1 saturated carbocycles. The van der Waals surface area contributed by atoms with Crippen molar-refractivity contribution < 1.29 is 4.74 Å². The standard InChI is InChI=1S/C19H20BrN3O.HI/c20-15-7-3-1-5-12(15)14-11-17(14)23-19(21)22-16-9-10-24-18-8-4-2-6-13(16)18;/h1-8,14,16-17H,9-11H2,(H3,21,22,23);1H/t14-,16?,17+;/m0./s1. The molecule has 1 fully saturated rings. The zero-order valence-corrected chi connectivity index (χ0v) is 17.6. The molecule has 6 heteroatoms. The number of para-hydroxylation sites is 1. The summed E-state index contributed by atoms with van der Waals surface area (Å²) in [6.07, 6.45) is 1.95. The van der Waals surface area contributed by atoms with E-state index in [9.17, 15) is 0 Å². The molecule has 3 atom stereocenters. The lowest BCUT2D eigenvalue weighted by molar-refractivity contribution is 0.269. The molecule has 2 aromatic carbocycles. The molecule has 1 aliphatic heterocycles. The monoisotopic (exact) mass is 513 g/mol. The highest BCUT2D eigenvalue weighted by Crippen LogP contribution is 2.43. The van der Waals surface area contributed by atoms with Crippen LogP contribution in [0.25, 0.3) is 0 Å². The van der Waals surface area contributed by atoms with Crippen molar-refractivity contribution in [3.63, 3.8) is 0 Å². The van der Waals surface area contributed by atoms with Crippen molar-refractivity contribution in [3.05, 3.63) is 64.1 Å². The van der Waals surface area contributed by atoms with E-state index in [0.717, 1.165) is 28.6 Å². The highest BCUT2D eigenvalue weighted by molar-refractivity contribution is 14.0. The normalized spacial score (nSPS) is 24.5. The van der Waals surface area contributed by atoms with Gasteiger partial charge in [-0.05, 0) is 24.1 Å². The van der Waals surface area contributed by atoms with Crippen LogP contribution in [0.4, 0.5) is 0 Å². The number of aliphatic imine (C=N–C) groups is 1. The van der Waals surface area contributed by atoms with Gasteiger partial charge in [-0.15, -0.1) is 24.0 Å². The predicted octanol–water partition coefficient (Wildman–Crippen LogP) is 4.35. The highest BCUT2D eigenvalue weighted by Gasteiger charge is 2.39. The number of nitrogens with zero attached hydrogens (tertiary/aromatic N) is 1. The van der Waals surface area contributed by atoms with Gasteiger partial charge in [0, 0.05) is 28.4 Å². The number of benzene rings is 2. The van der Waals surface area contributed by atoms with Crippen molar-refractivity contribution >= 4 is 45.9 Å². The molecule has 4 nitrogen and oxygen atoms in total. The highest BCUT2D eigenvalue weighted by atomic mass is 127. The molecule has 0 bridgehead atoms. The molecule has 1 aliphatic carbocycles. The number of halogens is 2. The van der Waals surface area contributed by atoms with Gasteiger partial charge in [0.1, 0.15) is 5.75 Å². The van der Waals surface area contributed by atoms with Crippen LogP contribution in [-0.2, 0) is 0 Å². The van der Waals surface area contributed by atoms with Gasteiger partial charge in [0.05, 0.1) is 12.6 Å². The van der Waals surface area contributed by atoms with E-state index in [1.807, 2.05) is 24.3 Å². The third kappa shape index (κ3) is 4.11. The summed E-state index contributed by atoms with van der Waals surface area (Å²) >= 11 is 3.63. The summed E-state index contributed by atoms with van der Waals surface area (Å²) in [5.41, 5.74) is 8.62. The fraction of sp³-hybridized carbons (Fsp3) is 0.316. The van der Waals surface area contributed by atoms with Crippen LogP contribution in [-0.4, -0.2) is 18.6 Å². The van der Waals surface area contributed by atoms with Crippen molar-refractivity contribution in [1.29, 1.82) is 0 Å². The first-order valence-corrected chi connectivity index (χ1v) is 9.07. The van der Waals surface area contributed by atoms with Gasteiger partial charge in [-0.2, -0.15) is 0 Å². The number of nitrogens with two attached hydrogens (primary N) is 1. The number of hydrogen-bond acceptors (Lipinski definition) is 2. The van der Waals surface area contributed by atoms with Gasteiger partial charge < -0.3 is 15.8 Å². The zero-order valence-electron chi connectivity index (χ0n) is 13.7. The van der Waals surface area contributed by atoms with Crippen LogP contribution in [0.2, 0.25) is 0 Å². The first-order chi connectivity index (χ1) is 11.7. The Kier molecular flexibility index (Phi) is 5.89. The molecule has 25 heavy (non-hydrogen) atoms. The quantitative estimate of drug-likeness (QED) is 0.364. The Morgan fingerprint density at radius 3 is 2.64 bits per heavy atom. The number of nitrogens with one attached hydrogen (secondary N) is 1. The molecular weight excluding hydrogens is 493 g/mol. The maximum atomic E-state index is 6.17. The summed E-state index contributed by atoms with van der Waals surface area (Å²) in [7, 11) is 0. The molecule has 0 aromatic heterocycles. The van der Waals surface area contributed by atoms with E-state index in [-0.39, 0.29) is 30.0 Å². The van der Waals surface area contributed by atoms with E-state index in [1.54, 1.807) is 0 Å². The van der Waals surface area contributed by atoms with Crippen LogP contribution in [0, 0.1) is 0 Å². The fourth-order valence-electron chi connectivity index (χ4n) is 3.33. The molecule has 0 spiro atoms. The van der Waals surface area contributed by atoms with Crippen LogP contribution >= 0.6 is 39.9 Å². The van der Waals surface area contributed by atoms with E-state index in [4.69, 9.17) is 15.5 Å². The average Bonchev–Trinajstić information content (AvgIpc) is 3.34. The molecule has 1 heterocycles. The maximum absolute atomic E-state index is 6.17. The smallest absolute Gasteiger partial charge is 0.189 e. The van der Waals surface area contributed by atoms with Crippen molar-refractivity contribution in [3.8, 4) is 5.75 Å². The summed E-state index contributed by atoms with van der Waals surface area (Å²) < 4.78 is 6.84. The lowest BCUT2D eigenvalue weighted by atomic mass is 10.0. The minimum Gasteiger partial charge on any atom is -0.493 e. The van der Waals surface area contributed by atoms with Gasteiger partial charge in [0.25, 0.3) is 0 Å². The lowest BCUT2D eigenvalue weighted by Crippen LogP contribution is -2.35. The predicted molar refractivity (Wildman–Crippen MR) is 115 cm³/mol. The van der Waals surface area contributed by atoms with Gasteiger partial charge in [0.15, 0.2) is 5.96 Å². The van der Waals surface area contributed by atoms with Gasteiger partial charge in [-0.3, -0.25) is 0 Å². The minimum absolute atomic E-state index is 0. The third-order valence-electron chi connectivity index (χ3n) is 4.65. The lowest BCUT2D eigenvalue weighted by Gasteiger charge is -2.23. The Balaban J connectivity index is 0.00000182. The van der Waals surface area contributed by atoms with Gasteiger partial charge in [-0.1, -0.05) is 52.3 Å². The third-order valence-corrected chi connectivity index (χ3v) is 5.37. The molecule has 0 saturated heterocycles. The van der Waals surface area contributed by atoms with Crippen LogP contribution in [0.3, 0.4) is 0 Å². The SMILES string of the molecule is I.NC(=NC1CCOc2ccccc21)N[C@@H]1C[C@H]1c1ccccc1Br. The maximum Gasteiger partial charge on any atom is 0.189 e. The van der Waals surface area contributed by atoms with Crippen LogP contribution < -0.4 is 15.8 Å². The summed E-state index contributed by atoms with van der Waals surface area (Å²) in [6.45, 7) is 0.682. The van der Waals surface area contributed by atoms with E-state index in [0.29, 0.717) is 24.5 Å². The van der Waals surface area contributed by atoms with Crippen molar-refractivity contribution in [2.24, 2.45) is 10.7 Å². The van der Waals surface area contributed by atoms with E-state index in [2.05, 4.69) is 45.5 Å². The molecule has 0 radical (unpaired) electrons. The van der Waals surface area contributed by atoms with Gasteiger partial charge in [-0.25, -0.2) is 4.99 Å². The Labute approximate surface area is 173 Å². The molecule has 4 rings (SSSR count). The molecule has 2 aromatic rings. The molecule has 1 unspecified atom stereocenters. The van der Waals surface area contributed by atoms with Gasteiger partial charge in [0.2, 0.25) is 0 Å². The summed E-state index contributed by atoms with van der Waals surface area (Å²) in [4.78, 5) is 4.70. The molecule has 3 N–H and O–H groups in total. The summed E-state index contributed by atoms with van der Waals surface area (Å²) in [6, 6.07) is 16.9. The zero-order chi connectivity index (χ0) is 16.5. The summed E-state index contributed by atoms with van der Waals surface area (Å²) in [5, 5.41) is 3.37. The Bertz CT molecular complexity index is 783. The average molecular weight is 514 g/mol. The number of rotatable bonds is 3. The number of ether oxygens (including phenoxy) is 1. The topological polar surface area (TPSA) is 59.6 Å². The Hall–Kier alpha value is -1.28. The largest absolute Gasteiger partial charge is 0.493 e. The van der Waals surface area contributed by atoms with E-state index >= 15 is 0 Å². The molecule has 0 amide bonds. The van der Waals surface area contributed by atoms with Crippen LogP contribution in [0.15, 0.2) is 58.0 Å². The number of hydrogen-bond donors (Lipinski definition) is 2. The second-order valence-corrected chi connectivity index (χ2v) is 7.17. The second kappa shape index (κ2) is 7.95. The Morgan fingerprint density at radius 1 is 1.12 bits per heavy atom. The molecular formula is C19H21BrIN3O. The molecule has 2 aliphatic rings. The van der Waals surface area contributed by atoms with Crippen molar-refractivity contribution in [2.75, 3.05) is 6.61 Å². The van der Waals surface area contributed by atoms with E-state index < -0.39 is 0 Å². The van der Waals surface area contributed by atoms with Gasteiger partial charge >= 0.3 is 0 Å². The van der Waals surface area contributed by atoms with E-state index in [1.165, 1.54) is 5.56 Å². The number of fused-ring (bicyclic) bond motifs is 1. The van der Waals surface area contributed by atoms with Crippen molar-refractivity contribution in [2.45, 2.75) is 30.8 Å². The Morgan fingerprint density at radius 2 is 1.84 bits per heavy atom. The minimum atomic E-state index is 0.